The summed E-state index contributed by atoms with van der Waals surface area (Å²) in [6, 6.07) is 4.24. The van der Waals surface area contributed by atoms with Crippen LogP contribution in [0.25, 0.3) is 0 Å². The minimum Gasteiger partial charge on any atom is -0.487 e. The van der Waals surface area contributed by atoms with Crippen LogP contribution in [0.15, 0.2) is 22.7 Å². The molecule has 0 aliphatic rings. The molecule has 0 aromatic heterocycles. The summed E-state index contributed by atoms with van der Waals surface area (Å²) in [6.07, 6.45) is 1.36. The zero-order valence-electron chi connectivity index (χ0n) is 8.39. The molecule has 92 valence electrons. The first-order valence-corrected chi connectivity index (χ1v) is 5.20. The third kappa shape index (κ3) is 3.93. The number of halogens is 5. The van der Waals surface area contributed by atoms with E-state index < -0.39 is 19.0 Å². The van der Waals surface area contributed by atoms with Gasteiger partial charge in [-0.25, -0.2) is 8.78 Å². The van der Waals surface area contributed by atoms with E-state index in [0.29, 0.717) is 10.0 Å². The highest BCUT2D eigenvalue weighted by Gasteiger charge is 2.41. The zero-order valence-corrected chi connectivity index (χ0v) is 9.98. The average molecular weight is 311 g/mol. The number of rotatable bonds is 4. The van der Waals surface area contributed by atoms with Crippen LogP contribution in [0.5, 0.6) is 5.75 Å². The van der Waals surface area contributed by atoms with Crippen LogP contribution in [0, 0.1) is 12.3 Å². The molecule has 0 aliphatic carbocycles. The monoisotopic (exact) mass is 310 g/mol. The Morgan fingerprint density at radius 3 is 2.53 bits per heavy atom. The minimum absolute atomic E-state index is 0.00708. The summed E-state index contributed by atoms with van der Waals surface area (Å²) < 4.78 is 54.0. The van der Waals surface area contributed by atoms with Gasteiger partial charge in [-0.2, -0.15) is 8.78 Å². The summed E-state index contributed by atoms with van der Waals surface area (Å²) in [4.78, 5) is 0. The normalized spacial score (nSPS) is 11.4. The van der Waals surface area contributed by atoms with E-state index in [4.69, 9.17) is 6.42 Å². The van der Waals surface area contributed by atoms with Gasteiger partial charge in [0.15, 0.2) is 6.61 Å². The van der Waals surface area contributed by atoms with E-state index in [-0.39, 0.29) is 5.75 Å². The van der Waals surface area contributed by atoms with Gasteiger partial charge in [-0.05, 0) is 18.2 Å². The number of ether oxygens (including phenoxy) is 1. The summed E-state index contributed by atoms with van der Waals surface area (Å²) in [5.74, 6) is -1.89. The Labute approximate surface area is 104 Å². The second-order valence-corrected chi connectivity index (χ2v) is 4.09. The van der Waals surface area contributed by atoms with Crippen molar-refractivity contribution in [1.82, 2.24) is 0 Å². The minimum atomic E-state index is -4.18. The van der Waals surface area contributed by atoms with Crippen molar-refractivity contribution in [3.8, 4) is 18.1 Å². The molecule has 17 heavy (non-hydrogen) atoms. The molecule has 0 radical (unpaired) electrons. The molecule has 0 saturated heterocycles. The van der Waals surface area contributed by atoms with Gasteiger partial charge in [0.05, 0.1) is 0 Å². The van der Waals surface area contributed by atoms with Gasteiger partial charge in [0.25, 0.3) is 0 Å². The number of hydrogen-bond acceptors (Lipinski definition) is 1. The Morgan fingerprint density at radius 1 is 1.35 bits per heavy atom. The molecule has 0 fully saturated rings. The maximum Gasteiger partial charge on any atom is 0.340 e. The van der Waals surface area contributed by atoms with Crippen LogP contribution >= 0.6 is 15.9 Å². The number of alkyl halides is 4. The van der Waals surface area contributed by atoms with Gasteiger partial charge in [-0.1, -0.05) is 21.9 Å². The fourth-order valence-electron chi connectivity index (χ4n) is 0.972. The molecule has 0 amide bonds. The first-order valence-electron chi connectivity index (χ1n) is 4.41. The van der Waals surface area contributed by atoms with E-state index in [1.807, 2.05) is 0 Å². The Kier molecular flexibility index (Phi) is 4.40. The van der Waals surface area contributed by atoms with Gasteiger partial charge < -0.3 is 4.74 Å². The average Bonchev–Trinajstić information content (AvgIpc) is 2.25. The highest BCUT2D eigenvalue weighted by molar-refractivity contribution is 9.10. The maximum absolute atomic E-state index is 12.6. The molecule has 0 spiro atoms. The van der Waals surface area contributed by atoms with Crippen LogP contribution in [0.3, 0.4) is 0 Å². The standard InChI is InChI=1S/C11H7BrF4O/c1-2-7-3-8(12)5-9(4-7)17-6-11(15,16)10(13)14/h1,3-5,10H,6H2. The molecule has 1 nitrogen and oxygen atoms in total. The number of terminal acetylenes is 1. The van der Waals surface area contributed by atoms with Gasteiger partial charge in [-0.15, -0.1) is 6.42 Å². The SMILES string of the molecule is C#Cc1cc(Br)cc(OCC(F)(F)C(F)F)c1. The van der Waals surface area contributed by atoms with Crippen LogP contribution in [0.2, 0.25) is 0 Å². The predicted molar refractivity (Wildman–Crippen MR) is 58.5 cm³/mol. The number of benzene rings is 1. The topological polar surface area (TPSA) is 9.23 Å². The molecule has 1 aromatic carbocycles. The van der Waals surface area contributed by atoms with Gasteiger partial charge in [0, 0.05) is 10.0 Å². The molecule has 0 atom stereocenters. The zero-order chi connectivity index (χ0) is 13.1. The third-order valence-corrected chi connectivity index (χ3v) is 2.25. The lowest BCUT2D eigenvalue weighted by Crippen LogP contribution is -2.33. The molecule has 0 aliphatic heterocycles. The van der Waals surface area contributed by atoms with Crippen molar-refractivity contribution in [1.29, 1.82) is 0 Å². The van der Waals surface area contributed by atoms with E-state index in [1.54, 1.807) is 6.07 Å². The second-order valence-electron chi connectivity index (χ2n) is 3.17. The summed E-state index contributed by atoms with van der Waals surface area (Å²) in [7, 11) is 0. The molecule has 0 N–H and O–H groups in total. The lowest BCUT2D eigenvalue weighted by atomic mass is 10.2. The summed E-state index contributed by atoms with van der Waals surface area (Å²) in [5.41, 5.74) is 0.398. The fourth-order valence-corrected chi connectivity index (χ4v) is 1.44. The van der Waals surface area contributed by atoms with E-state index in [1.165, 1.54) is 12.1 Å². The first kappa shape index (κ1) is 13.8. The molecule has 1 rings (SSSR count). The second kappa shape index (κ2) is 5.41. The van der Waals surface area contributed by atoms with Gasteiger partial charge in [0.1, 0.15) is 5.75 Å². The Hall–Kier alpha value is -1.22. The maximum atomic E-state index is 12.6. The predicted octanol–water partition coefficient (Wildman–Crippen LogP) is 3.71. The molecule has 0 bridgehead atoms. The van der Waals surface area contributed by atoms with Crippen LogP contribution in [0.1, 0.15) is 5.56 Å². The molecular formula is C11H7BrF4O. The highest BCUT2D eigenvalue weighted by atomic mass is 79.9. The highest BCUT2D eigenvalue weighted by Crippen LogP contribution is 2.26. The van der Waals surface area contributed by atoms with E-state index in [0.717, 1.165) is 0 Å². The van der Waals surface area contributed by atoms with Crippen molar-refractivity contribution in [2.24, 2.45) is 0 Å². The van der Waals surface area contributed by atoms with E-state index >= 15 is 0 Å². The summed E-state index contributed by atoms with van der Waals surface area (Å²) in [6.45, 7) is -1.40. The number of hydrogen-bond donors (Lipinski definition) is 0. The molecule has 0 saturated carbocycles. The smallest absolute Gasteiger partial charge is 0.340 e. The quantitative estimate of drug-likeness (QED) is 0.608. The molecule has 6 heteroatoms. The van der Waals surface area contributed by atoms with Crippen LogP contribution in [-0.4, -0.2) is 19.0 Å². The van der Waals surface area contributed by atoms with Crippen molar-refractivity contribution in [3.05, 3.63) is 28.2 Å². The summed E-state index contributed by atoms with van der Waals surface area (Å²) in [5, 5.41) is 0. The Balaban J connectivity index is 2.77. The lowest BCUT2D eigenvalue weighted by molar-refractivity contribution is -0.148. The van der Waals surface area contributed by atoms with Gasteiger partial charge >= 0.3 is 12.3 Å². The van der Waals surface area contributed by atoms with Crippen molar-refractivity contribution < 1.29 is 22.3 Å². The van der Waals surface area contributed by atoms with Crippen molar-refractivity contribution in [2.45, 2.75) is 12.3 Å². The molecule has 1 aromatic rings. The summed E-state index contributed by atoms with van der Waals surface area (Å²) >= 11 is 3.09. The molecule has 0 heterocycles. The lowest BCUT2D eigenvalue weighted by Gasteiger charge is -2.16. The van der Waals surface area contributed by atoms with Crippen molar-refractivity contribution in [3.63, 3.8) is 0 Å². The van der Waals surface area contributed by atoms with Crippen molar-refractivity contribution in [2.75, 3.05) is 6.61 Å². The first-order chi connectivity index (χ1) is 7.85. The molecule has 0 unspecified atom stereocenters. The largest absolute Gasteiger partial charge is 0.487 e. The van der Waals surface area contributed by atoms with Gasteiger partial charge in [-0.3, -0.25) is 0 Å². The van der Waals surface area contributed by atoms with Crippen LogP contribution in [-0.2, 0) is 0 Å². The third-order valence-electron chi connectivity index (χ3n) is 1.79. The van der Waals surface area contributed by atoms with Gasteiger partial charge in [0.2, 0.25) is 0 Å². The fraction of sp³-hybridized carbons (Fsp3) is 0.273. The van der Waals surface area contributed by atoms with E-state index in [2.05, 4.69) is 26.6 Å². The van der Waals surface area contributed by atoms with Crippen LogP contribution < -0.4 is 4.74 Å². The van der Waals surface area contributed by atoms with Crippen LogP contribution in [0.4, 0.5) is 17.6 Å². The molecular weight excluding hydrogens is 304 g/mol. The van der Waals surface area contributed by atoms with E-state index in [9.17, 15) is 17.6 Å². The Bertz CT molecular complexity index is 440. The Morgan fingerprint density at radius 2 is 2.00 bits per heavy atom. The van der Waals surface area contributed by atoms with Crippen molar-refractivity contribution >= 4 is 15.9 Å².